The predicted octanol–water partition coefficient (Wildman–Crippen LogP) is 4.29. The molecule has 0 fully saturated rings. The van der Waals surface area contributed by atoms with Crippen molar-refractivity contribution in [2.45, 2.75) is 11.8 Å². The Morgan fingerprint density at radius 1 is 1.29 bits per heavy atom. The van der Waals surface area contributed by atoms with Gasteiger partial charge in [0.15, 0.2) is 0 Å². The summed E-state index contributed by atoms with van der Waals surface area (Å²) >= 11 is 1.45. The highest BCUT2D eigenvalue weighted by Gasteiger charge is 2.14. The van der Waals surface area contributed by atoms with Gasteiger partial charge in [0, 0.05) is 11.0 Å². The topological polar surface area (TPSA) is 76.2 Å². The molecule has 2 rings (SSSR count). The largest absolute Gasteiger partial charge is 0.455 e. The Morgan fingerprint density at radius 3 is 2.67 bits per heavy atom. The maximum absolute atomic E-state index is 10.8. The van der Waals surface area contributed by atoms with E-state index in [0.29, 0.717) is 17.1 Å². The van der Waals surface area contributed by atoms with Gasteiger partial charge >= 0.3 is 0 Å². The first-order chi connectivity index (χ1) is 10.1. The first-order valence-electron chi connectivity index (χ1n) is 6.07. The van der Waals surface area contributed by atoms with Crippen molar-refractivity contribution in [3.8, 4) is 17.6 Å². The molecular formula is C15H12N2O3S. The molecule has 2 aromatic carbocycles. The molecule has 0 aliphatic heterocycles. The molecule has 0 aromatic heterocycles. The molecule has 0 bridgehead atoms. The van der Waals surface area contributed by atoms with Crippen molar-refractivity contribution in [1.82, 2.24) is 0 Å². The van der Waals surface area contributed by atoms with Gasteiger partial charge in [-0.15, -0.1) is 11.8 Å². The van der Waals surface area contributed by atoms with Crippen molar-refractivity contribution in [2.75, 3.05) is 6.26 Å². The number of hydrogen-bond donors (Lipinski definition) is 0. The SMILES string of the molecule is CSc1cccc(Oc2cc([N+](=O)[O-])ccc2C)c1C#N. The molecule has 0 spiro atoms. The van der Waals surface area contributed by atoms with Gasteiger partial charge < -0.3 is 4.74 Å². The smallest absolute Gasteiger partial charge is 0.273 e. The first-order valence-corrected chi connectivity index (χ1v) is 7.29. The summed E-state index contributed by atoms with van der Waals surface area (Å²) in [5.74, 6) is 0.770. The van der Waals surface area contributed by atoms with Gasteiger partial charge in [-0.1, -0.05) is 6.07 Å². The molecule has 0 unspecified atom stereocenters. The number of hydrogen-bond acceptors (Lipinski definition) is 5. The van der Waals surface area contributed by atoms with Crippen molar-refractivity contribution < 1.29 is 9.66 Å². The Hall–Kier alpha value is -2.52. The van der Waals surface area contributed by atoms with Crippen LogP contribution in [0.4, 0.5) is 5.69 Å². The van der Waals surface area contributed by atoms with E-state index in [0.717, 1.165) is 10.5 Å². The van der Waals surface area contributed by atoms with E-state index in [-0.39, 0.29) is 5.69 Å². The molecule has 0 amide bonds. The number of benzene rings is 2. The Kier molecular flexibility index (Phi) is 4.45. The number of ether oxygens (including phenoxy) is 1. The Labute approximate surface area is 126 Å². The Morgan fingerprint density at radius 2 is 2.05 bits per heavy atom. The fourth-order valence-corrected chi connectivity index (χ4v) is 2.37. The normalized spacial score (nSPS) is 9.95. The molecule has 6 heteroatoms. The van der Waals surface area contributed by atoms with Gasteiger partial charge in [0.05, 0.1) is 11.0 Å². The van der Waals surface area contributed by atoms with Crippen LogP contribution in [0.5, 0.6) is 11.5 Å². The van der Waals surface area contributed by atoms with Crippen LogP contribution in [-0.4, -0.2) is 11.2 Å². The lowest BCUT2D eigenvalue weighted by Crippen LogP contribution is -1.94. The summed E-state index contributed by atoms with van der Waals surface area (Å²) in [4.78, 5) is 11.2. The average Bonchev–Trinajstić information content (AvgIpc) is 2.48. The van der Waals surface area contributed by atoms with E-state index in [9.17, 15) is 15.4 Å². The second-order valence-corrected chi connectivity index (χ2v) is 5.10. The summed E-state index contributed by atoms with van der Waals surface area (Å²) in [6.45, 7) is 1.80. The number of nitriles is 1. The zero-order valence-corrected chi connectivity index (χ0v) is 12.3. The highest BCUT2D eigenvalue weighted by Crippen LogP contribution is 2.34. The lowest BCUT2D eigenvalue weighted by Gasteiger charge is -2.11. The number of aryl methyl sites for hydroxylation is 1. The van der Waals surface area contributed by atoms with Crippen LogP contribution >= 0.6 is 11.8 Å². The summed E-state index contributed by atoms with van der Waals surface area (Å²) in [5.41, 5.74) is 1.14. The van der Waals surface area contributed by atoms with E-state index in [2.05, 4.69) is 6.07 Å². The van der Waals surface area contributed by atoms with Gasteiger partial charge in [0.1, 0.15) is 23.1 Å². The fourth-order valence-electron chi connectivity index (χ4n) is 1.81. The van der Waals surface area contributed by atoms with Crippen LogP contribution in [0.2, 0.25) is 0 Å². The highest BCUT2D eigenvalue weighted by molar-refractivity contribution is 7.98. The zero-order valence-electron chi connectivity index (χ0n) is 11.5. The van der Waals surface area contributed by atoms with Crippen molar-refractivity contribution in [2.24, 2.45) is 0 Å². The van der Waals surface area contributed by atoms with Gasteiger partial charge in [-0.25, -0.2) is 0 Å². The molecule has 21 heavy (non-hydrogen) atoms. The monoisotopic (exact) mass is 300 g/mol. The van der Waals surface area contributed by atoms with Crippen LogP contribution in [0.25, 0.3) is 0 Å². The summed E-state index contributed by atoms with van der Waals surface area (Å²) in [6, 6.07) is 11.8. The van der Waals surface area contributed by atoms with Gasteiger partial charge in [-0.05, 0) is 36.9 Å². The Balaban J connectivity index is 2.46. The van der Waals surface area contributed by atoms with E-state index >= 15 is 0 Å². The summed E-state index contributed by atoms with van der Waals surface area (Å²) in [7, 11) is 0. The maximum atomic E-state index is 10.8. The number of nitro benzene ring substituents is 1. The van der Waals surface area contributed by atoms with E-state index in [1.54, 1.807) is 25.1 Å². The maximum Gasteiger partial charge on any atom is 0.273 e. The standard InChI is InChI=1S/C15H12N2O3S/c1-10-6-7-11(17(18)19)8-14(10)20-13-4-3-5-15(21-2)12(13)9-16/h3-8H,1-2H3. The van der Waals surface area contributed by atoms with Crippen LogP contribution in [0.15, 0.2) is 41.3 Å². The van der Waals surface area contributed by atoms with Crippen molar-refractivity contribution in [3.05, 3.63) is 57.6 Å². The molecular weight excluding hydrogens is 288 g/mol. The number of non-ortho nitro benzene ring substituents is 1. The molecule has 0 aliphatic rings. The molecule has 106 valence electrons. The fraction of sp³-hybridized carbons (Fsp3) is 0.133. The van der Waals surface area contributed by atoms with E-state index in [1.165, 1.54) is 23.9 Å². The lowest BCUT2D eigenvalue weighted by atomic mass is 10.2. The average molecular weight is 300 g/mol. The molecule has 2 aromatic rings. The molecule has 5 nitrogen and oxygen atoms in total. The van der Waals surface area contributed by atoms with Crippen molar-refractivity contribution in [3.63, 3.8) is 0 Å². The van der Waals surface area contributed by atoms with Crippen molar-refractivity contribution in [1.29, 1.82) is 5.26 Å². The van der Waals surface area contributed by atoms with Gasteiger partial charge in [-0.3, -0.25) is 10.1 Å². The number of rotatable bonds is 4. The second-order valence-electron chi connectivity index (χ2n) is 4.25. The minimum Gasteiger partial charge on any atom is -0.455 e. The molecule has 0 saturated heterocycles. The third-order valence-corrected chi connectivity index (χ3v) is 3.70. The number of nitro groups is 1. The number of thioether (sulfide) groups is 1. The van der Waals surface area contributed by atoms with Gasteiger partial charge in [0.25, 0.3) is 5.69 Å². The molecule has 0 N–H and O–H groups in total. The van der Waals surface area contributed by atoms with Crippen LogP contribution in [0.3, 0.4) is 0 Å². The molecule has 0 heterocycles. The second kappa shape index (κ2) is 6.29. The summed E-state index contributed by atoms with van der Waals surface area (Å²) in [6.07, 6.45) is 1.87. The number of nitrogens with zero attached hydrogens (tertiary/aromatic N) is 2. The third-order valence-electron chi connectivity index (χ3n) is 2.92. The van der Waals surface area contributed by atoms with Crippen LogP contribution in [-0.2, 0) is 0 Å². The summed E-state index contributed by atoms with van der Waals surface area (Å²) < 4.78 is 5.72. The van der Waals surface area contributed by atoms with E-state index < -0.39 is 4.92 Å². The third kappa shape index (κ3) is 3.15. The molecule has 0 saturated carbocycles. The molecule has 0 aliphatic carbocycles. The van der Waals surface area contributed by atoms with Gasteiger partial charge in [-0.2, -0.15) is 5.26 Å². The van der Waals surface area contributed by atoms with Crippen LogP contribution in [0.1, 0.15) is 11.1 Å². The van der Waals surface area contributed by atoms with Crippen LogP contribution in [0, 0.1) is 28.4 Å². The highest BCUT2D eigenvalue weighted by atomic mass is 32.2. The minimum atomic E-state index is -0.476. The minimum absolute atomic E-state index is 0.0462. The van der Waals surface area contributed by atoms with Crippen molar-refractivity contribution >= 4 is 17.4 Å². The zero-order chi connectivity index (χ0) is 15.4. The molecule has 0 atom stereocenters. The predicted molar refractivity (Wildman–Crippen MR) is 80.8 cm³/mol. The van der Waals surface area contributed by atoms with Crippen LogP contribution < -0.4 is 4.74 Å². The quantitative estimate of drug-likeness (QED) is 0.478. The van der Waals surface area contributed by atoms with E-state index in [1.807, 2.05) is 12.3 Å². The first kappa shape index (κ1) is 14.9. The Bertz CT molecular complexity index is 738. The lowest BCUT2D eigenvalue weighted by molar-refractivity contribution is -0.384. The summed E-state index contributed by atoms with van der Waals surface area (Å²) in [5, 5.41) is 20.1. The van der Waals surface area contributed by atoms with Gasteiger partial charge in [0.2, 0.25) is 0 Å². The van der Waals surface area contributed by atoms with E-state index in [4.69, 9.17) is 4.74 Å². The molecule has 0 radical (unpaired) electrons.